The van der Waals surface area contributed by atoms with Gasteiger partial charge in [0.15, 0.2) is 0 Å². The van der Waals surface area contributed by atoms with Crippen molar-refractivity contribution in [3.8, 4) is 0 Å². The van der Waals surface area contributed by atoms with E-state index in [0.717, 1.165) is 31.7 Å². The number of piperazine rings is 1. The molecule has 1 saturated heterocycles. The second kappa shape index (κ2) is 5.50. The zero-order valence-electron chi connectivity index (χ0n) is 10.9. The molecule has 1 aromatic rings. The topological polar surface area (TPSA) is 52.6 Å². The van der Waals surface area contributed by atoms with Crippen molar-refractivity contribution in [2.24, 2.45) is 0 Å². The Balaban J connectivity index is 2.10. The molecule has 2 rings (SSSR count). The third kappa shape index (κ3) is 2.89. The van der Waals surface area contributed by atoms with Crippen LogP contribution in [0, 0.1) is 6.92 Å². The summed E-state index contributed by atoms with van der Waals surface area (Å²) in [5.74, 6) is -0.852. The van der Waals surface area contributed by atoms with E-state index in [1.165, 1.54) is 5.56 Å². The summed E-state index contributed by atoms with van der Waals surface area (Å²) in [6.07, 6.45) is 0. The smallest absolute Gasteiger partial charge is 0.335 e. The lowest BCUT2D eigenvalue weighted by Gasteiger charge is -2.34. The van der Waals surface area contributed by atoms with Gasteiger partial charge in [0.25, 0.3) is 0 Å². The number of carbonyl (C=O) groups is 1. The van der Waals surface area contributed by atoms with Gasteiger partial charge in [-0.05, 0) is 31.0 Å². The molecule has 4 nitrogen and oxygen atoms in total. The van der Waals surface area contributed by atoms with Crippen LogP contribution in [0.25, 0.3) is 0 Å². The quantitative estimate of drug-likeness (QED) is 0.851. The van der Waals surface area contributed by atoms with Crippen LogP contribution in [0.15, 0.2) is 18.2 Å². The fourth-order valence-corrected chi connectivity index (χ4v) is 2.42. The van der Waals surface area contributed by atoms with E-state index in [1.54, 1.807) is 6.07 Å². The van der Waals surface area contributed by atoms with Crippen molar-refractivity contribution in [1.82, 2.24) is 10.2 Å². The molecular formula is C14H20N2O2. The van der Waals surface area contributed by atoms with Crippen molar-refractivity contribution in [3.63, 3.8) is 0 Å². The van der Waals surface area contributed by atoms with Crippen LogP contribution in [-0.2, 0) is 6.54 Å². The van der Waals surface area contributed by atoms with E-state index >= 15 is 0 Å². The number of aromatic carboxylic acids is 1. The summed E-state index contributed by atoms with van der Waals surface area (Å²) in [7, 11) is 0. The van der Waals surface area contributed by atoms with Gasteiger partial charge in [-0.25, -0.2) is 4.79 Å². The monoisotopic (exact) mass is 248 g/mol. The molecule has 0 amide bonds. The lowest BCUT2D eigenvalue weighted by molar-refractivity contribution is 0.0696. The SMILES string of the molecule is Cc1cc(CN2CCNC[C@@H]2C)ccc1C(=O)O. The summed E-state index contributed by atoms with van der Waals surface area (Å²) in [6.45, 7) is 8.05. The molecule has 1 fully saturated rings. The van der Waals surface area contributed by atoms with Crippen LogP contribution in [-0.4, -0.2) is 41.7 Å². The Hall–Kier alpha value is -1.39. The highest BCUT2D eigenvalue weighted by molar-refractivity contribution is 5.89. The van der Waals surface area contributed by atoms with Crippen molar-refractivity contribution in [2.75, 3.05) is 19.6 Å². The Morgan fingerprint density at radius 1 is 1.56 bits per heavy atom. The summed E-state index contributed by atoms with van der Waals surface area (Å²) in [5, 5.41) is 12.4. The van der Waals surface area contributed by atoms with Crippen molar-refractivity contribution in [1.29, 1.82) is 0 Å². The lowest BCUT2D eigenvalue weighted by atomic mass is 10.0. The number of hydrogen-bond acceptors (Lipinski definition) is 3. The minimum Gasteiger partial charge on any atom is -0.478 e. The summed E-state index contributed by atoms with van der Waals surface area (Å²) >= 11 is 0. The summed E-state index contributed by atoms with van der Waals surface area (Å²) < 4.78 is 0. The Morgan fingerprint density at radius 2 is 2.33 bits per heavy atom. The van der Waals surface area contributed by atoms with Crippen LogP contribution in [0.3, 0.4) is 0 Å². The summed E-state index contributed by atoms with van der Waals surface area (Å²) in [6, 6.07) is 6.14. The van der Waals surface area contributed by atoms with Crippen molar-refractivity contribution in [2.45, 2.75) is 26.4 Å². The molecule has 0 radical (unpaired) electrons. The third-order valence-electron chi connectivity index (χ3n) is 3.55. The van der Waals surface area contributed by atoms with Crippen LogP contribution in [0.4, 0.5) is 0 Å². The van der Waals surface area contributed by atoms with Crippen LogP contribution >= 0.6 is 0 Å². The number of carboxylic acids is 1. The molecule has 4 heteroatoms. The van der Waals surface area contributed by atoms with Crippen LogP contribution in [0.5, 0.6) is 0 Å². The number of nitrogens with one attached hydrogen (secondary N) is 1. The maximum absolute atomic E-state index is 11.0. The van der Waals surface area contributed by atoms with Gasteiger partial charge in [0.05, 0.1) is 5.56 Å². The van der Waals surface area contributed by atoms with Gasteiger partial charge in [-0.1, -0.05) is 12.1 Å². The first-order valence-electron chi connectivity index (χ1n) is 6.35. The highest BCUT2D eigenvalue weighted by Crippen LogP contribution is 2.15. The molecule has 1 heterocycles. The van der Waals surface area contributed by atoms with Gasteiger partial charge in [-0.2, -0.15) is 0 Å². The molecule has 18 heavy (non-hydrogen) atoms. The Kier molecular flexibility index (Phi) is 3.99. The Bertz CT molecular complexity index is 445. The molecule has 1 atom stereocenters. The second-order valence-corrected chi connectivity index (χ2v) is 4.98. The molecular weight excluding hydrogens is 228 g/mol. The number of nitrogens with zero attached hydrogens (tertiary/aromatic N) is 1. The van der Waals surface area contributed by atoms with Crippen molar-refractivity contribution >= 4 is 5.97 Å². The number of carboxylic acid groups (broad SMARTS) is 1. The predicted molar refractivity (Wildman–Crippen MR) is 70.9 cm³/mol. The zero-order chi connectivity index (χ0) is 13.1. The zero-order valence-corrected chi connectivity index (χ0v) is 10.9. The third-order valence-corrected chi connectivity index (χ3v) is 3.55. The standard InChI is InChI=1S/C14H20N2O2/c1-10-7-12(3-4-13(10)14(17)18)9-16-6-5-15-8-11(16)2/h3-4,7,11,15H,5-6,8-9H2,1-2H3,(H,17,18)/t11-/m0/s1. The molecule has 98 valence electrons. The minimum absolute atomic E-state index is 0.395. The number of benzene rings is 1. The highest BCUT2D eigenvalue weighted by Gasteiger charge is 2.18. The van der Waals surface area contributed by atoms with Gasteiger partial charge < -0.3 is 10.4 Å². The molecule has 0 saturated carbocycles. The molecule has 0 bridgehead atoms. The predicted octanol–water partition coefficient (Wildman–Crippen LogP) is 1.49. The van der Waals surface area contributed by atoms with E-state index in [-0.39, 0.29) is 0 Å². The molecule has 0 spiro atoms. The first-order chi connectivity index (χ1) is 8.58. The molecule has 0 aromatic heterocycles. The van der Waals surface area contributed by atoms with Gasteiger partial charge in [-0.15, -0.1) is 0 Å². The van der Waals surface area contributed by atoms with Gasteiger partial charge in [0.1, 0.15) is 0 Å². The normalized spacial score (nSPS) is 20.9. The maximum atomic E-state index is 11.0. The van der Waals surface area contributed by atoms with Crippen LogP contribution in [0.1, 0.15) is 28.4 Å². The first-order valence-corrected chi connectivity index (χ1v) is 6.35. The van der Waals surface area contributed by atoms with E-state index in [9.17, 15) is 4.79 Å². The molecule has 0 aliphatic carbocycles. The van der Waals surface area contributed by atoms with Gasteiger partial charge in [-0.3, -0.25) is 4.90 Å². The van der Waals surface area contributed by atoms with E-state index < -0.39 is 5.97 Å². The van der Waals surface area contributed by atoms with E-state index in [4.69, 9.17) is 5.11 Å². The van der Waals surface area contributed by atoms with E-state index in [0.29, 0.717) is 11.6 Å². The summed E-state index contributed by atoms with van der Waals surface area (Å²) in [4.78, 5) is 13.4. The Morgan fingerprint density at radius 3 is 2.94 bits per heavy atom. The number of rotatable bonds is 3. The van der Waals surface area contributed by atoms with E-state index in [1.807, 2.05) is 19.1 Å². The maximum Gasteiger partial charge on any atom is 0.335 e. The lowest BCUT2D eigenvalue weighted by Crippen LogP contribution is -2.49. The van der Waals surface area contributed by atoms with Gasteiger partial charge >= 0.3 is 5.97 Å². The molecule has 1 aromatic carbocycles. The van der Waals surface area contributed by atoms with Crippen molar-refractivity contribution < 1.29 is 9.90 Å². The van der Waals surface area contributed by atoms with E-state index in [2.05, 4.69) is 17.1 Å². The molecule has 1 aliphatic heterocycles. The van der Waals surface area contributed by atoms with Crippen LogP contribution < -0.4 is 5.32 Å². The van der Waals surface area contributed by atoms with Crippen molar-refractivity contribution in [3.05, 3.63) is 34.9 Å². The number of aryl methyl sites for hydroxylation is 1. The molecule has 2 N–H and O–H groups in total. The summed E-state index contributed by atoms with van der Waals surface area (Å²) in [5.41, 5.74) is 2.42. The van der Waals surface area contributed by atoms with Gasteiger partial charge in [0.2, 0.25) is 0 Å². The highest BCUT2D eigenvalue weighted by atomic mass is 16.4. The molecule has 1 aliphatic rings. The average molecular weight is 248 g/mol. The largest absolute Gasteiger partial charge is 0.478 e. The molecule has 0 unspecified atom stereocenters. The Labute approximate surface area is 108 Å². The second-order valence-electron chi connectivity index (χ2n) is 4.98. The fourth-order valence-electron chi connectivity index (χ4n) is 2.42. The van der Waals surface area contributed by atoms with Crippen LogP contribution in [0.2, 0.25) is 0 Å². The first kappa shape index (κ1) is 13.1. The fraction of sp³-hybridized carbons (Fsp3) is 0.500. The number of hydrogen-bond donors (Lipinski definition) is 2. The average Bonchev–Trinajstić information content (AvgIpc) is 2.32. The minimum atomic E-state index is -0.852. The van der Waals surface area contributed by atoms with Gasteiger partial charge in [0, 0.05) is 32.2 Å².